The maximum atomic E-state index is 12.2. The average molecular weight is 288 g/mol. The van der Waals surface area contributed by atoms with Crippen LogP contribution in [0, 0.1) is 0 Å². The normalized spacial score (nSPS) is 16.3. The molecule has 0 aromatic carbocycles. The fourth-order valence-corrected chi connectivity index (χ4v) is 2.52. The smallest absolute Gasteiger partial charge is 0.341 e. The first kappa shape index (κ1) is 13.6. The number of aromatic carboxylic acids is 1. The van der Waals surface area contributed by atoms with Gasteiger partial charge in [0.25, 0.3) is 0 Å². The summed E-state index contributed by atoms with van der Waals surface area (Å²) in [7, 11) is 2.04. The molecule has 21 heavy (non-hydrogen) atoms. The molecule has 1 fully saturated rings. The highest BCUT2D eigenvalue weighted by molar-refractivity contribution is 5.91. The predicted octanol–water partition coefficient (Wildman–Crippen LogP) is -0.0219. The average Bonchev–Trinajstić information content (AvgIpc) is 2.49. The lowest BCUT2D eigenvalue weighted by Crippen LogP contribution is -2.50. The monoisotopic (exact) mass is 288 g/mol. The molecule has 0 unspecified atom stereocenters. The molecule has 7 heteroatoms. The number of fused-ring (bicyclic) bond motifs is 1. The number of pyridine rings is 2. The van der Waals surface area contributed by atoms with Crippen LogP contribution in [0.15, 0.2) is 29.3 Å². The van der Waals surface area contributed by atoms with Crippen LogP contribution < -0.4 is 10.4 Å². The molecule has 3 heterocycles. The van der Waals surface area contributed by atoms with Gasteiger partial charge < -0.3 is 15.0 Å². The number of aromatic nitrogens is 2. The third-order valence-corrected chi connectivity index (χ3v) is 3.76. The number of carboxylic acids is 1. The maximum Gasteiger partial charge on any atom is 0.341 e. The van der Waals surface area contributed by atoms with E-state index in [4.69, 9.17) is 0 Å². The molecule has 3 rings (SSSR count). The van der Waals surface area contributed by atoms with Crippen LogP contribution in [-0.2, 0) is 0 Å². The van der Waals surface area contributed by atoms with Gasteiger partial charge in [0.05, 0.1) is 5.39 Å². The van der Waals surface area contributed by atoms with E-state index in [1.54, 1.807) is 23.0 Å². The Morgan fingerprint density at radius 3 is 2.67 bits per heavy atom. The Labute approximate surface area is 121 Å². The van der Waals surface area contributed by atoms with Crippen molar-refractivity contribution in [1.29, 1.82) is 0 Å². The Kier molecular flexibility index (Phi) is 3.34. The number of piperazine rings is 1. The number of hydrogen-bond donors (Lipinski definition) is 1. The third kappa shape index (κ3) is 2.36. The summed E-state index contributed by atoms with van der Waals surface area (Å²) in [5.74, 6) is -1.21. The number of likely N-dealkylation sites (N-methyl/N-ethyl adjacent to an activating group) is 1. The van der Waals surface area contributed by atoms with Crippen molar-refractivity contribution in [3.63, 3.8) is 0 Å². The molecule has 2 aromatic heterocycles. The molecule has 0 radical (unpaired) electrons. The lowest BCUT2D eigenvalue weighted by molar-refractivity contribution is 0.0694. The summed E-state index contributed by atoms with van der Waals surface area (Å²) >= 11 is 0. The maximum absolute atomic E-state index is 12.2. The number of nitrogens with zero attached hydrogens (tertiary/aromatic N) is 4. The van der Waals surface area contributed by atoms with Crippen molar-refractivity contribution in [1.82, 2.24) is 14.6 Å². The van der Waals surface area contributed by atoms with E-state index in [0.29, 0.717) is 11.0 Å². The van der Waals surface area contributed by atoms with E-state index >= 15 is 0 Å². The first-order valence-electron chi connectivity index (χ1n) is 6.75. The highest BCUT2D eigenvalue weighted by Gasteiger charge is 2.20. The molecule has 1 aliphatic heterocycles. The van der Waals surface area contributed by atoms with Crippen LogP contribution in [0.5, 0.6) is 0 Å². The first-order chi connectivity index (χ1) is 10.1. The highest BCUT2D eigenvalue weighted by atomic mass is 16.4. The molecule has 1 saturated heterocycles. The molecule has 0 bridgehead atoms. The van der Waals surface area contributed by atoms with E-state index in [-0.39, 0.29) is 5.56 Å². The van der Waals surface area contributed by atoms with Crippen LogP contribution in [0.25, 0.3) is 11.0 Å². The lowest BCUT2D eigenvalue weighted by atomic mass is 10.2. The van der Waals surface area contributed by atoms with Crippen LogP contribution in [0.4, 0.5) is 0 Å². The minimum atomic E-state index is -1.21. The van der Waals surface area contributed by atoms with Gasteiger partial charge in [-0.1, -0.05) is 0 Å². The van der Waals surface area contributed by atoms with Crippen molar-refractivity contribution in [2.75, 3.05) is 38.2 Å². The van der Waals surface area contributed by atoms with Gasteiger partial charge >= 0.3 is 5.97 Å². The molecular formula is C14H16N4O3. The zero-order chi connectivity index (χ0) is 15.0. The fraction of sp³-hybridized carbons (Fsp3) is 0.357. The van der Waals surface area contributed by atoms with E-state index in [9.17, 15) is 14.7 Å². The zero-order valence-electron chi connectivity index (χ0n) is 11.7. The summed E-state index contributed by atoms with van der Waals surface area (Å²) in [6, 6.07) is 3.26. The third-order valence-electron chi connectivity index (χ3n) is 3.76. The molecular weight excluding hydrogens is 272 g/mol. The molecule has 0 atom stereocenters. The Balaban J connectivity index is 2.19. The van der Waals surface area contributed by atoms with Gasteiger partial charge in [0.15, 0.2) is 5.65 Å². The second-order valence-electron chi connectivity index (χ2n) is 5.15. The topological polar surface area (TPSA) is 78.7 Å². The predicted molar refractivity (Wildman–Crippen MR) is 78.4 cm³/mol. The Hall–Kier alpha value is -2.41. The van der Waals surface area contributed by atoms with Crippen molar-refractivity contribution in [3.8, 4) is 0 Å². The van der Waals surface area contributed by atoms with Gasteiger partial charge in [-0.15, -0.1) is 0 Å². The summed E-state index contributed by atoms with van der Waals surface area (Å²) < 4.78 is 1.70. The summed E-state index contributed by atoms with van der Waals surface area (Å²) in [6.45, 7) is 3.26. The standard InChI is InChI=1S/C14H16N4O3/c1-16-5-7-17(8-6-16)18-9-11(14(20)21)12(19)10-3-2-4-15-13(10)18/h2-4,9H,5-8H2,1H3,(H,20,21). The Morgan fingerprint density at radius 2 is 2.00 bits per heavy atom. The van der Waals surface area contributed by atoms with Gasteiger partial charge in [-0.25, -0.2) is 14.5 Å². The molecule has 0 amide bonds. The van der Waals surface area contributed by atoms with E-state index in [1.165, 1.54) is 6.20 Å². The summed E-state index contributed by atoms with van der Waals surface area (Å²) in [5, 5.41) is 11.6. The Morgan fingerprint density at radius 1 is 1.29 bits per heavy atom. The fourth-order valence-electron chi connectivity index (χ4n) is 2.52. The first-order valence-corrected chi connectivity index (χ1v) is 6.75. The number of carbonyl (C=O) groups is 1. The van der Waals surface area contributed by atoms with E-state index in [1.807, 2.05) is 12.1 Å². The van der Waals surface area contributed by atoms with Crippen LogP contribution in [0.3, 0.4) is 0 Å². The van der Waals surface area contributed by atoms with Crippen molar-refractivity contribution >= 4 is 17.0 Å². The number of rotatable bonds is 2. The van der Waals surface area contributed by atoms with Crippen molar-refractivity contribution in [2.24, 2.45) is 0 Å². The van der Waals surface area contributed by atoms with E-state index in [2.05, 4.69) is 9.88 Å². The molecule has 1 aliphatic rings. The van der Waals surface area contributed by atoms with Crippen molar-refractivity contribution in [2.45, 2.75) is 0 Å². The molecule has 1 N–H and O–H groups in total. The molecule has 110 valence electrons. The van der Waals surface area contributed by atoms with E-state index < -0.39 is 11.4 Å². The van der Waals surface area contributed by atoms with E-state index in [0.717, 1.165) is 26.2 Å². The van der Waals surface area contributed by atoms with Gasteiger partial charge in [0.1, 0.15) is 5.56 Å². The molecule has 0 aliphatic carbocycles. The molecule has 2 aromatic rings. The SMILES string of the molecule is CN1CCN(n2cc(C(=O)O)c(=O)c3cccnc32)CC1. The number of hydrogen-bond acceptors (Lipinski definition) is 5. The van der Waals surface area contributed by atoms with Gasteiger partial charge in [-0.2, -0.15) is 0 Å². The summed E-state index contributed by atoms with van der Waals surface area (Å²) in [6.07, 6.45) is 2.99. The minimum Gasteiger partial charge on any atom is -0.477 e. The van der Waals surface area contributed by atoms with Crippen LogP contribution in [0.2, 0.25) is 0 Å². The van der Waals surface area contributed by atoms with Crippen molar-refractivity contribution in [3.05, 3.63) is 40.3 Å². The quantitative estimate of drug-likeness (QED) is 0.836. The molecule has 0 saturated carbocycles. The summed E-state index contributed by atoms with van der Waals surface area (Å²) in [4.78, 5) is 29.9. The van der Waals surface area contributed by atoms with Gasteiger partial charge in [0.2, 0.25) is 5.43 Å². The highest BCUT2D eigenvalue weighted by Crippen LogP contribution is 2.11. The molecule has 7 nitrogen and oxygen atoms in total. The van der Waals surface area contributed by atoms with Gasteiger partial charge in [0, 0.05) is 38.6 Å². The number of carboxylic acid groups (broad SMARTS) is 1. The van der Waals surface area contributed by atoms with Crippen molar-refractivity contribution < 1.29 is 9.90 Å². The van der Waals surface area contributed by atoms with Gasteiger partial charge in [-0.05, 0) is 19.2 Å². The lowest BCUT2D eigenvalue weighted by Gasteiger charge is -2.35. The summed E-state index contributed by atoms with van der Waals surface area (Å²) in [5.41, 5.74) is -0.220. The van der Waals surface area contributed by atoms with Crippen LogP contribution in [-0.4, -0.2) is 58.9 Å². The molecule has 0 spiro atoms. The minimum absolute atomic E-state index is 0.227. The zero-order valence-corrected chi connectivity index (χ0v) is 11.7. The van der Waals surface area contributed by atoms with Crippen LogP contribution >= 0.6 is 0 Å². The Bertz CT molecular complexity index is 747. The second kappa shape index (κ2) is 5.17. The largest absolute Gasteiger partial charge is 0.477 e. The second-order valence-corrected chi connectivity index (χ2v) is 5.15. The van der Waals surface area contributed by atoms with Crippen LogP contribution in [0.1, 0.15) is 10.4 Å². The van der Waals surface area contributed by atoms with Gasteiger partial charge in [-0.3, -0.25) is 4.79 Å².